The van der Waals surface area contributed by atoms with E-state index in [2.05, 4.69) is 15.4 Å². The van der Waals surface area contributed by atoms with Gasteiger partial charge in [0.2, 0.25) is 0 Å². The average molecular weight is 485 g/mol. The standard InChI is InChI=1S/C23H24F5N3O3/c1-2-34-22(33)21(32)29-13-14-3-5-16(6-4-14)30-17-11-18(24)20(19(25)12-17)31-9-7-15(8-10-31)23(26,27)28/h3-6,11-12,15,30H,2,7-10,13H2,1H3,(H,29,32). The van der Waals surface area contributed by atoms with E-state index < -0.39 is 35.6 Å². The predicted octanol–water partition coefficient (Wildman–Crippen LogP) is 4.67. The Morgan fingerprint density at radius 3 is 2.15 bits per heavy atom. The highest BCUT2D eigenvalue weighted by Crippen LogP contribution is 2.37. The summed E-state index contributed by atoms with van der Waals surface area (Å²) in [6.45, 7) is 1.59. The van der Waals surface area contributed by atoms with Crippen LogP contribution in [0.4, 0.5) is 39.0 Å². The summed E-state index contributed by atoms with van der Waals surface area (Å²) in [5.41, 5.74) is 0.988. The highest BCUT2D eigenvalue weighted by Gasteiger charge is 2.41. The van der Waals surface area contributed by atoms with Crippen molar-refractivity contribution in [1.82, 2.24) is 5.32 Å². The molecule has 1 fully saturated rings. The van der Waals surface area contributed by atoms with Crippen LogP contribution in [0.3, 0.4) is 0 Å². The van der Waals surface area contributed by atoms with E-state index in [4.69, 9.17) is 0 Å². The number of nitrogens with zero attached hydrogens (tertiary/aromatic N) is 1. The summed E-state index contributed by atoms with van der Waals surface area (Å²) in [4.78, 5) is 24.2. The number of amides is 1. The molecule has 0 radical (unpaired) electrons. The Kier molecular flexibility index (Phi) is 7.95. The molecule has 3 rings (SSSR count). The van der Waals surface area contributed by atoms with Gasteiger partial charge in [-0.3, -0.25) is 4.79 Å². The van der Waals surface area contributed by atoms with Crippen molar-refractivity contribution >= 4 is 28.9 Å². The van der Waals surface area contributed by atoms with Crippen molar-refractivity contribution in [3.63, 3.8) is 0 Å². The first-order valence-corrected chi connectivity index (χ1v) is 10.7. The number of hydrogen-bond donors (Lipinski definition) is 2. The number of nitrogens with one attached hydrogen (secondary N) is 2. The summed E-state index contributed by atoms with van der Waals surface area (Å²) < 4.78 is 72.5. The second-order valence-electron chi connectivity index (χ2n) is 7.82. The first-order chi connectivity index (χ1) is 16.1. The number of ether oxygens (including phenoxy) is 1. The SMILES string of the molecule is CCOC(=O)C(=O)NCc1ccc(Nc2cc(F)c(N3CCC(C(F)(F)F)CC3)c(F)c2)cc1. The molecule has 0 spiro atoms. The monoisotopic (exact) mass is 485 g/mol. The van der Waals surface area contributed by atoms with Gasteiger partial charge < -0.3 is 20.3 Å². The highest BCUT2D eigenvalue weighted by molar-refractivity contribution is 6.32. The van der Waals surface area contributed by atoms with Crippen molar-refractivity contribution in [2.24, 2.45) is 5.92 Å². The van der Waals surface area contributed by atoms with Crippen molar-refractivity contribution in [3.05, 3.63) is 53.6 Å². The summed E-state index contributed by atoms with van der Waals surface area (Å²) in [7, 11) is 0. The maximum absolute atomic E-state index is 14.7. The first kappa shape index (κ1) is 25.3. The smallest absolute Gasteiger partial charge is 0.396 e. The lowest BCUT2D eigenvalue weighted by atomic mass is 9.96. The van der Waals surface area contributed by atoms with Crippen molar-refractivity contribution in [2.75, 3.05) is 29.9 Å². The Morgan fingerprint density at radius 2 is 1.62 bits per heavy atom. The summed E-state index contributed by atoms with van der Waals surface area (Å²) in [6.07, 6.45) is -4.73. The van der Waals surface area contributed by atoms with Crippen LogP contribution in [0.2, 0.25) is 0 Å². The van der Waals surface area contributed by atoms with Crippen LogP contribution in [0.1, 0.15) is 25.3 Å². The van der Waals surface area contributed by atoms with Gasteiger partial charge in [0.15, 0.2) is 11.6 Å². The molecule has 0 aliphatic carbocycles. The zero-order chi connectivity index (χ0) is 24.9. The number of alkyl halides is 3. The summed E-state index contributed by atoms with van der Waals surface area (Å²) >= 11 is 0. The van der Waals surface area contributed by atoms with Crippen molar-refractivity contribution in [3.8, 4) is 0 Å². The van der Waals surface area contributed by atoms with Crippen LogP contribution in [-0.4, -0.2) is 37.7 Å². The number of hydrogen-bond acceptors (Lipinski definition) is 5. The molecule has 6 nitrogen and oxygen atoms in total. The third kappa shape index (κ3) is 6.36. The first-order valence-electron chi connectivity index (χ1n) is 10.7. The van der Waals surface area contributed by atoms with Crippen LogP contribution in [-0.2, 0) is 20.9 Å². The number of halogens is 5. The second-order valence-corrected chi connectivity index (χ2v) is 7.82. The van der Waals surface area contributed by atoms with Gasteiger partial charge >= 0.3 is 18.1 Å². The summed E-state index contributed by atoms with van der Waals surface area (Å²) in [5.74, 6) is -5.04. The van der Waals surface area contributed by atoms with Gasteiger partial charge in [0, 0.05) is 31.0 Å². The van der Waals surface area contributed by atoms with E-state index >= 15 is 0 Å². The lowest BCUT2D eigenvalue weighted by Crippen LogP contribution is -2.39. The van der Waals surface area contributed by atoms with Crippen LogP contribution >= 0.6 is 0 Å². The normalized spacial score (nSPS) is 14.6. The van der Waals surface area contributed by atoms with Gasteiger partial charge in [0.25, 0.3) is 0 Å². The van der Waals surface area contributed by atoms with Crippen LogP contribution in [0.15, 0.2) is 36.4 Å². The Balaban J connectivity index is 1.60. The van der Waals surface area contributed by atoms with Gasteiger partial charge in [-0.25, -0.2) is 13.6 Å². The van der Waals surface area contributed by atoms with Crippen LogP contribution in [0.5, 0.6) is 0 Å². The third-order valence-electron chi connectivity index (χ3n) is 5.45. The van der Waals surface area contributed by atoms with E-state index in [9.17, 15) is 31.5 Å². The minimum atomic E-state index is -4.31. The molecule has 0 atom stereocenters. The summed E-state index contributed by atoms with van der Waals surface area (Å²) in [6, 6.07) is 8.72. The molecule has 1 aliphatic heterocycles. The number of carbonyl (C=O) groups excluding carboxylic acids is 2. The van der Waals surface area contributed by atoms with E-state index in [0.717, 1.165) is 12.1 Å². The Labute approximate surface area is 193 Å². The molecule has 2 N–H and O–H groups in total. The minimum absolute atomic E-state index is 0.0842. The maximum atomic E-state index is 14.7. The van der Waals surface area contributed by atoms with Crippen molar-refractivity contribution < 1.29 is 36.3 Å². The fraction of sp³-hybridized carbons (Fsp3) is 0.391. The van der Waals surface area contributed by atoms with E-state index in [-0.39, 0.29) is 50.5 Å². The molecule has 0 bridgehead atoms. The van der Waals surface area contributed by atoms with Gasteiger partial charge in [0.1, 0.15) is 5.69 Å². The molecule has 2 aromatic rings. The largest absolute Gasteiger partial charge is 0.459 e. The molecule has 184 valence electrons. The predicted molar refractivity (Wildman–Crippen MR) is 116 cm³/mol. The molecule has 1 heterocycles. The summed E-state index contributed by atoms with van der Waals surface area (Å²) in [5, 5.41) is 5.28. The molecule has 0 unspecified atom stereocenters. The lowest BCUT2D eigenvalue weighted by Gasteiger charge is -2.34. The van der Waals surface area contributed by atoms with Gasteiger partial charge in [0.05, 0.1) is 12.5 Å². The number of esters is 1. The molecule has 1 aliphatic rings. The average Bonchev–Trinajstić information content (AvgIpc) is 2.78. The Bertz CT molecular complexity index is 996. The van der Waals surface area contributed by atoms with Crippen LogP contribution in [0, 0.1) is 17.6 Å². The molecule has 0 saturated carbocycles. The topological polar surface area (TPSA) is 70.7 Å². The second kappa shape index (κ2) is 10.7. The van der Waals surface area contributed by atoms with E-state index in [1.165, 1.54) is 4.90 Å². The maximum Gasteiger partial charge on any atom is 0.396 e. The minimum Gasteiger partial charge on any atom is -0.459 e. The molecule has 1 amide bonds. The number of rotatable bonds is 6. The molecule has 11 heteroatoms. The molecule has 2 aromatic carbocycles. The molecular weight excluding hydrogens is 461 g/mol. The van der Waals surface area contributed by atoms with Crippen LogP contribution in [0.25, 0.3) is 0 Å². The molecule has 0 aromatic heterocycles. The molecular formula is C23H24F5N3O3. The fourth-order valence-corrected chi connectivity index (χ4v) is 3.69. The quantitative estimate of drug-likeness (QED) is 0.354. The fourth-order valence-electron chi connectivity index (χ4n) is 3.69. The van der Waals surface area contributed by atoms with Gasteiger partial charge in [-0.2, -0.15) is 13.2 Å². The Morgan fingerprint density at radius 1 is 1.03 bits per heavy atom. The number of benzene rings is 2. The zero-order valence-electron chi connectivity index (χ0n) is 18.3. The Hall–Kier alpha value is -3.37. The number of anilines is 3. The van der Waals surface area contributed by atoms with Crippen molar-refractivity contribution in [1.29, 1.82) is 0 Å². The van der Waals surface area contributed by atoms with E-state index in [1.54, 1.807) is 31.2 Å². The van der Waals surface area contributed by atoms with Gasteiger partial charge in [-0.1, -0.05) is 12.1 Å². The molecule has 1 saturated heterocycles. The highest BCUT2D eigenvalue weighted by atomic mass is 19.4. The van der Waals surface area contributed by atoms with Crippen molar-refractivity contribution in [2.45, 2.75) is 32.5 Å². The zero-order valence-corrected chi connectivity index (χ0v) is 18.3. The van der Waals surface area contributed by atoms with Gasteiger partial charge in [-0.05, 0) is 49.6 Å². The van der Waals surface area contributed by atoms with E-state index in [0.29, 0.717) is 11.3 Å². The number of carbonyl (C=O) groups is 2. The molecule has 34 heavy (non-hydrogen) atoms. The number of piperidine rings is 1. The van der Waals surface area contributed by atoms with Gasteiger partial charge in [-0.15, -0.1) is 0 Å². The van der Waals surface area contributed by atoms with E-state index in [1.807, 2.05) is 0 Å². The third-order valence-corrected chi connectivity index (χ3v) is 5.45. The lowest BCUT2D eigenvalue weighted by molar-refractivity contribution is -0.179. The van der Waals surface area contributed by atoms with Crippen LogP contribution < -0.4 is 15.5 Å².